The summed E-state index contributed by atoms with van der Waals surface area (Å²) >= 11 is 0. The van der Waals surface area contributed by atoms with Crippen molar-refractivity contribution in [1.29, 1.82) is 0 Å². The molecule has 0 aromatic heterocycles. The second-order valence-corrected chi connectivity index (χ2v) is 13.1. The van der Waals surface area contributed by atoms with Crippen LogP contribution < -0.4 is 10.6 Å². The van der Waals surface area contributed by atoms with Gasteiger partial charge in [-0.25, -0.2) is 4.79 Å². The van der Waals surface area contributed by atoms with Crippen LogP contribution in [0.15, 0.2) is 48.5 Å². The van der Waals surface area contributed by atoms with Gasteiger partial charge in [0, 0.05) is 44.9 Å². The van der Waals surface area contributed by atoms with Gasteiger partial charge < -0.3 is 30.1 Å². The molecule has 8 nitrogen and oxygen atoms in total. The molecular formula is C34H41F6N3O5. The number of benzene rings is 2. The molecule has 3 fully saturated rings. The van der Waals surface area contributed by atoms with E-state index in [4.69, 9.17) is 9.47 Å². The molecule has 3 unspecified atom stereocenters. The van der Waals surface area contributed by atoms with Crippen molar-refractivity contribution in [2.24, 2.45) is 5.41 Å². The number of piperidine rings is 1. The molecule has 2 heterocycles. The third kappa shape index (κ3) is 8.43. The highest BCUT2D eigenvalue weighted by atomic mass is 19.4. The first-order valence-corrected chi connectivity index (χ1v) is 16.3. The number of amides is 2. The van der Waals surface area contributed by atoms with Gasteiger partial charge in [0.1, 0.15) is 6.61 Å². The molecule has 0 radical (unpaired) electrons. The van der Waals surface area contributed by atoms with Crippen molar-refractivity contribution >= 4 is 12.0 Å². The summed E-state index contributed by atoms with van der Waals surface area (Å²) in [5.74, 6) is -0.649. The van der Waals surface area contributed by atoms with E-state index in [1.807, 2.05) is 30.3 Å². The van der Waals surface area contributed by atoms with Crippen LogP contribution in [0.5, 0.6) is 0 Å². The molecule has 0 spiro atoms. The molecule has 3 N–H and O–H groups in total. The average molecular weight is 686 g/mol. The Kier molecular flexibility index (Phi) is 11.0. The average Bonchev–Trinajstić information content (AvgIpc) is 3.33. The first-order chi connectivity index (χ1) is 22.7. The van der Waals surface area contributed by atoms with E-state index in [2.05, 4.69) is 10.6 Å². The number of alkyl halides is 6. The number of likely N-dealkylation sites (tertiary alicyclic amines) is 1. The number of rotatable bonds is 8. The highest BCUT2D eigenvalue weighted by Crippen LogP contribution is 2.51. The second kappa shape index (κ2) is 14.6. The topological polar surface area (TPSA) is 100 Å². The van der Waals surface area contributed by atoms with Gasteiger partial charge in [0.05, 0.1) is 22.1 Å². The monoisotopic (exact) mass is 685 g/mol. The van der Waals surface area contributed by atoms with Crippen LogP contribution in [0.1, 0.15) is 73.6 Å². The lowest BCUT2D eigenvalue weighted by Gasteiger charge is -2.48. The number of ether oxygens (including phenoxy) is 2. The van der Waals surface area contributed by atoms with Crippen LogP contribution in [-0.4, -0.2) is 66.0 Å². The Morgan fingerprint density at radius 3 is 2.19 bits per heavy atom. The van der Waals surface area contributed by atoms with Crippen molar-refractivity contribution < 1.29 is 50.5 Å². The van der Waals surface area contributed by atoms with Crippen LogP contribution >= 0.6 is 0 Å². The first kappa shape index (κ1) is 35.9. The van der Waals surface area contributed by atoms with E-state index in [9.17, 15) is 41.0 Å². The van der Waals surface area contributed by atoms with Crippen LogP contribution in [0.4, 0.5) is 31.1 Å². The standard InChI is InChI=1S/C34H41F6N3O5/c35-33(36,37)25-17-24(18-26(19-25)34(38,39)40)21-41-29(44)31(10-8-28(20-31)42-27-7-4-15-47-16-9-27)32(46)11-13-43(14-12-32)30(45)48-22-23-5-2-1-3-6-23/h1-3,5-6,17-19,27-28,42,46H,4,7-16,20-22H2,(H,41,44). The zero-order chi connectivity index (χ0) is 34.6. The molecule has 1 saturated carbocycles. The highest BCUT2D eigenvalue weighted by Gasteiger charge is 2.59. The molecule has 48 heavy (non-hydrogen) atoms. The number of halogens is 6. The van der Waals surface area contributed by atoms with E-state index in [1.54, 1.807) is 0 Å². The number of hydrogen-bond acceptors (Lipinski definition) is 6. The van der Waals surface area contributed by atoms with Gasteiger partial charge in [-0.2, -0.15) is 26.3 Å². The molecule has 14 heteroatoms. The van der Waals surface area contributed by atoms with Crippen molar-refractivity contribution in [3.05, 3.63) is 70.8 Å². The second-order valence-electron chi connectivity index (χ2n) is 13.1. The summed E-state index contributed by atoms with van der Waals surface area (Å²) in [4.78, 5) is 28.4. The number of nitrogens with one attached hydrogen (secondary N) is 2. The molecule has 2 aliphatic heterocycles. The fourth-order valence-corrected chi connectivity index (χ4v) is 7.25. The third-order valence-corrected chi connectivity index (χ3v) is 9.92. The lowest BCUT2D eigenvalue weighted by molar-refractivity contribution is -0.159. The van der Waals surface area contributed by atoms with Crippen LogP contribution in [0.25, 0.3) is 0 Å². The Hall–Kier alpha value is -3.36. The van der Waals surface area contributed by atoms with Crippen molar-refractivity contribution in [1.82, 2.24) is 15.5 Å². The molecule has 2 saturated heterocycles. The van der Waals surface area contributed by atoms with Gasteiger partial charge in [-0.1, -0.05) is 30.3 Å². The summed E-state index contributed by atoms with van der Waals surface area (Å²) in [6.07, 6.45) is -7.06. The van der Waals surface area contributed by atoms with Gasteiger partial charge in [0.2, 0.25) is 5.91 Å². The normalized spacial score (nSPS) is 24.9. The van der Waals surface area contributed by atoms with Crippen LogP contribution in [0, 0.1) is 5.41 Å². The SMILES string of the molecule is O=C(OCc1ccccc1)N1CCC(O)(C2(C(=O)NCc3cc(C(F)(F)F)cc(C(F)(F)F)c3)CCC(NC3CCCOCC3)C2)CC1. The maximum absolute atomic E-state index is 14.1. The molecule has 3 atom stereocenters. The van der Waals surface area contributed by atoms with E-state index >= 15 is 0 Å². The lowest BCUT2D eigenvalue weighted by Crippen LogP contribution is -2.61. The van der Waals surface area contributed by atoms with Crippen molar-refractivity contribution in [2.45, 2.75) is 94.6 Å². The van der Waals surface area contributed by atoms with Crippen LogP contribution in [0.2, 0.25) is 0 Å². The summed E-state index contributed by atoms with van der Waals surface area (Å²) in [5.41, 5.74) is -5.50. The Morgan fingerprint density at radius 2 is 1.54 bits per heavy atom. The number of carbonyl (C=O) groups excluding carboxylic acids is 2. The minimum Gasteiger partial charge on any atom is -0.445 e. The predicted octanol–water partition coefficient (Wildman–Crippen LogP) is 6.20. The third-order valence-electron chi connectivity index (χ3n) is 9.92. The molecule has 2 amide bonds. The number of nitrogens with zero attached hydrogens (tertiary/aromatic N) is 1. The van der Waals surface area contributed by atoms with Gasteiger partial charge in [0.25, 0.3) is 0 Å². The van der Waals surface area contributed by atoms with Gasteiger partial charge in [0.15, 0.2) is 0 Å². The molecular weight excluding hydrogens is 644 g/mol. The molecule has 5 rings (SSSR count). The summed E-state index contributed by atoms with van der Waals surface area (Å²) in [6.45, 7) is 0.912. The van der Waals surface area contributed by atoms with Crippen molar-refractivity contribution in [3.63, 3.8) is 0 Å². The predicted molar refractivity (Wildman–Crippen MR) is 162 cm³/mol. The zero-order valence-electron chi connectivity index (χ0n) is 26.5. The van der Waals surface area contributed by atoms with Crippen molar-refractivity contribution in [3.8, 4) is 0 Å². The number of aliphatic hydroxyl groups is 1. The largest absolute Gasteiger partial charge is 0.445 e. The van der Waals surface area contributed by atoms with Gasteiger partial charge in [-0.05, 0) is 80.7 Å². The minimum atomic E-state index is -5.03. The van der Waals surface area contributed by atoms with Crippen LogP contribution in [0.3, 0.4) is 0 Å². The molecule has 264 valence electrons. The highest BCUT2D eigenvalue weighted by molar-refractivity contribution is 5.84. The Balaban J connectivity index is 1.32. The molecule has 2 aromatic carbocycles. The Labute approximate surface area is 275 Å². The van der Waals surface area contributed by atoms with E-state index in [0.29, 0.717) is 31.8 Å². The Morgan fingerprint density at radius 1 is 0.875 bits per heavy atom. The maximum Gasteiger partial charge on any atom is 0.416 e. The fraction of sp³-hybridized carbons (Fsp3) is 0.588. The van der Waals surface area contributed by atoms with E-state index in [0.717, 1.165) is 24.8 Å². The Bertz CT molecular complexity index is 1370. The molecule has 2 aromatic rings. The molecule has 3 aliphatic rings. The van der Waals surface area contributed by atoms with Gasteiger partial charge >= 0.3 is 18.4 Å². The van der Waals surface area contributed by atoms with Gasteiger partial charge in [-0.15, -0.1) is 0 Å². The quantitative estimate of drug-likeness (QED) is 0.286. The van der Waals surface area contributed by atoms with E-state index in [1.165, 1.54) is 4.90 Å². The minimum absolute atomic E-state index is 0.0344. The van der Waals surface area contributed by atoms with Gasteiger partial charge in [-0.3, -0.25) is 4.79 Å². The number of carbonyl (C=O) groups is 2. The lowest BCUT2D eigenvalue weighted by atomic mass is 9.65. The zero-order valence-corrected chi connectivity index (χ0v) is 26.5. The summed E-state index contributed by atoms with van der Waals surface area (Å²) in [6, 6.07) is 10.3. The molecule has 1 aliphatic carbocycles. The fourth-order valence-electron chi connectivity index (χ4n) is 7.25. The smallest absolute Gasteiger partial charge is 0.416 e. The summed E-state index contributed by atoms with van der Waals surface area (Å²) in [5, 5.41) is 18.4. The van der Waals surface area contributed by atoms with E-state index < -0.39 is 53.0 Å². The first-order valence-electron chi connectivity index (χ1n) is 16.3. The maximum atomic E-state index is 14.1. The van der Waals surface area contributed by atoms with Crippen molar-refractivity contribution in [2.75, 3.05) is 26.3 Å². The van der Waals surface area contributed by atoms with Crippen LogP contribution in [-0.2, 0) is 39.8 Å². The summed E-state index contributed by atoms with van der Waals surface area (Å²) < 4.78 is 91.9. The molecule has 0 bridgehead atoms. The number of hydrogen-bond donors (Lipinski definition) is 3. The summed E-state index contributed by atoms with van der Waals surface area (Å²) in [7, 11) is 0. The van der Waals surface area contributed by atoms with E-state index in [-0.39, 0.29) is 69.1 Å².